The van der Waals surface area contributed by atoms with Crippen molar-refractivity contribution in [1.29, 1.82) is 0 Å². The van der Waals surface area contributed by atoms with Gasteiger partial charge in [-0.2, -0.15) is 0 Å². The first kappa shape index (κ1) is 19.0. The Morgan fingerprint density at radius 1 is 0.900 bits per heavy atom. The number of anilines is 1. The Morgan fingerprint density at radius 3 is 2.13 bits per heavy atom. The second-order valence-corrected chi connectivity index (χ2v) is 9.24. The molecule has 6 nitrogen and oxygen atoms in total. The number of hydrogen-bond acceptors (Lipinski definition) is 3. The van der Waals surface area contributed by atoms with Gasteiger partial charge in [0, 0.05) is 17.3 Å². The molecule has 0 aromatic heterocycles. The van der Waals surface area contributed by atoms with Crippen LogP contribution in [0.1, 0.15) is 48.9 Å². The number of carbonyl (C=O) groups is 2. The van der Waals surface area contributed by atoms with Gasteiger partial charge >= 0.3 is 12.0 Å². The van der Waals surface area contributed by atoms with E-state index < -0.39 is 5.97 Å². The number of carboxylic acids is 1. The molecule has 156 valence electrons. The molecule has 0 aliphatic heterocycles. The Bertz CT molecular complexity index is 951. The van der Waals surface area contributed by atoms with Crippen LogP contribution in [0.4, 0.5) is 10.5 Å². The molecule has 30 heavy (non-hydrogen) atoms. The number of carbonyl (C=O) groups excluding carboxylic acids is 1. The van der Waals surface area contributed by atoms with E-state index in [9.17, 15) is 9.59 Å². The van der Waals surface area contributed by atoms with Gasteiger partial charge in [0.2, 0.25) is 0 Å². The molecule has 2 amide bonds. The molecule has 0 atom stereocenters. The average Bonchev–Trinajstić information content (AvgIpc) is 2.67. The SMILES string of the molecule is O=C(Nc1cccc(Oc2cccc(C(=O)O)c2)c1)NC12CC3CC(CC(C3)C1)C2. The predicted octanol–water partition coefficient (Wildman–Crippen LogP) is 5.27. The van der Waals surface area contributed by atoms with Crippen LogP contribution < -0.4 is 15.4 Å². The maximum absolute atomic E-state index is 12.8. The molecule has 6 rings (SSSR count). The zero-order chi connectivity index (χ0) is 20.7. The molecule has 0 radical (unpaired) electrons. The van der Waals surface area contributed by atoms with Gasteiger partial charge in [0.05, 0.1) is 5.56 Å². The van der Waals surface area contributed by atoms with Gasteiger partial charge in [-0.05, 0) is 86.6 Å². The number of amides is 2. The topological polar surface area (TPSA) is 87.7 Å². The van der Waals surface area contributed by atoms with Crippen LogP contribution >= 0.6 is 0 Å². The van der Waals surface area contributed by atoms with Crippen LogP contribution in [0.15, 0.2) is 48.5 Å². The van der Waals surface area contributed by atoms with Gasteiger partial charge in [0.15, 0.2) is 0 Å². The zero-order valence-electron chi connectivity index (χ0n) is 16.8. The minimum Gasteiger partial charge on any atom is -0.478 e. The number of urea groups is 1. The number of benzene rings is 2. The van der Waals surface area contributed by atoms with Crippen LogP contribution in [0.5, 0.6) is 11.5 Å². The number of aromatic carboxylic acids is 1. The van der Waals surface area contributed by atoms with Crippen LogP contribution in [-0.2, 0) is 0 Å². The first-order valence-corrected chi connectivity index (χ1v) is 10.7. The fourth-order valence-corrected chi connectivity index (χ4v) is 6.13. The van der Waals surface area contributed by atoms with E-state index in [2.05, 4.69) is 10.6 Å². The van der Waals surface area contributed by atoms with Gasteiger partial charge < -0.3 is 20.5 Å². The summed E-state index contributed by atoms with van der Waals surface area (Å²) in [6.07, 6.45) is 7.33. The summed E-state index contributed by atoms with van der Waals surface area (Å²) in [4.78, 5) is 23.9. The highest BCUT2D eigenvalue weighted by molar-refractivity contribution is 5.90. The quantitative estimate of drug-likeness (QED) is 0.631. The highest BCUT2D eigenvalue weighted by Crippen LogP contribution is 2.55. The smallest absolute Gasteiger partial charge is 0.335 e. The third kappa shape index (κ3) is 3.86. The molecule has 4 aliphatic rings. The molecule has 2 aromatic carbocycles. The Morgan fingerprint density at radius 2 is 1.50 bits per heavy atom. The molecule has 4 aliphatic carbocycles. The molecule has 0 saturated heterocycles. The molecule has 4 bridgehead atoms. The second kappa shape index (κ2) is 7.35. The van der Waals surface area contributed by atoms with Crippen molar-refractivity contribution in [2.75, 3.05) is 5.32 Å². The fraction of sp³-hybridized carbons (Fsp3) is 0.417. The lowest BCUT2D eigenvalue weighted by Gasteiger charge is -2.56. The van der Waals surface area contributed by atoms with Crippen LogP contribution in [0.3, 0.4) is 0 Å². The summed E-state index contributed by atoms with van der Waals surface area (Å²) in [5.41, 5.74) is 0.769. The number of ether oxygens (including phenoxy) is 1. The van der Waals surface area contributed by atoms with E-state index in [1.54, 1.807) is 30.3 Å². The summed E-state index contributed by atoms with van der Waals surface area (Å²) in [7, 11) is 0. The average molecular weight is 406 g/mol. The van der Waals surface area contributed by atoms with Crippen molar-refractivity contribution in [1.82, 2.24) is 5.32 Å². The van der Waals surface area contributed by atoms with Gasteiger partial charge in [0.1, 0.15) is 11.5 Å². The predicted molar refractivity (Wildman–Crippen MR) is 113 cm³/mol. The lowest BCUT2D eigenvalue weighted by Crippen LogP contribution is -2.60. The zero-order valence-corrected chi connectivity index (χ0v) is 16.8. The van der Waals surface area contributed by atoms with Crippen LogP contribution in [0, 0.1) is 17.8 Å². The van der Waals surface area contributed by atoms with Crippen molar-refractivity contribution in [3.05, 3.63) is 54.1 Å². The molecule has 4 fully saturated rings. The monoisotopic (exact) mass is 406 g/mol. The Hall–Kier alpha value is -3.02. The second-order valence-electron chi connectivity index (χ2n) is 9.24. The molecule has 3 N–H and O–H groups in total. The standard InChI is InChI=1S/C24H26N2O4/c27-22(28)18-3-1-5-20(10-18)30-21-6-2-4-19(11-21)25-23(29)26-24-12-15-7-16(13-24)9-17(8-15)14-24/h1-6,10-11,15-17H,7-9,12-14H2,(H,27,28)(H2,25,26,29). The summed E-state index contributed by atoms with van der Waals surface area (Å²) in [5.74, 6) is 2.28. The first-order valence-electron chi connectivity index (χ1n) is 10.7. The molecule has 4 saturated carbocycles. The third-order valence-electron chi connectivity index (χ3n) is 6.83. The summed E-state index contributed by atoms with van der Waals surface area (Å²) in [6, 6.07) is 13.3. The summed E-state index contributed by atoms with van der Waals surface area (Å²) < 4.78 is 5.79. The number of carboxylic acid groups (broad SMARTS) is 1. The van der Waals surface area contributed by atoms with Crippen molar-refractivity contribution < 1.29 is 19.4 Å². The number of rotatable bonds is 5. The number of hydrogen-bond donors (Lipinski definition) is 3. The minimum atomic E-state index is -1.00. The van der Waals surface area contributed by atoms with E-state index in [-0.39, 0.29) is 17.1 Å². The van der Waals surface area contributed by atoms with Crippen molar-refractivity contribution in [2.45, 2.75) is 44.1 Å². The molecular weight excluding hydrogens is 380 g/mol. The van der Waals surface area contributed by atoms with E-state index in [1.807, 2.05) is 6.07 Å². The normalized spacial score (nSPS) is 28.7. The van der Waals surface area contributed by atoms with Gasteiger partial charge in [-0.25, -0.2) is 9.59 Å². The lowest BCUT2D eigenvalue weighted by atomic mass is 9.53. The fourth-order valence-electron chi connectivity index (χ4n) is 6.13. The maximum atomic E-state index is 12.8. The van der Waals surface area contributed by atoms with Gasteiger partial charge in [-0.1, -0.05) is 12.1 Å². The Kier molecular flexibility index (Phi) is 4.65. The summed E-state index contributed by atoms with van der Waals surface area (Å²) >= 11 is 0. The van der Waals surface area contributed by atoms with E-state index in [4.69, 9.17) is 9.84 Å². The highest BCUT2D eigenvalue weighted by atomic mass is 16.5. The minimum absolute atomic E-state index is 0.0375. The van der Waals surface area contributed by atoms with E-state index in [0.717, 1.165) is 37.0 Å². The largest absolute Gasteiger partial charge is 0.478 e. The summed E-state index contributed by atoms with van der Waals surface area (Å²) in [6.45, 7) is 0. The van der Waals surface area contributed by atoms with E-state index in [0.29, 0.717) is 17.2 Å². The lowest BCUT2D eigenvalue weighted by molar-refractivity contribution is -0.0127. The van der Waals surface area contributed by atoms with Gasteiger partial charge in [-0.15, -0.1) is 0 Å². The van der Waals surface area contributed by atoms with E-state index >= 15 is 0 Å². The highest BCUT2D eigenvalue weighted by Gasteiger charge is 2.51. The Labute approximate surface area is 175 Å². The van der Waals surface area contributed by atoms with Crippen LogP contribution in [-0.4, -0.2) is 22.6 Å². The number of nitrogens with one attached hydrogen (secondary N) is 2. The van der Waals surface area contributed by atoms with Crippen molar-refractivity contribution in [3.63, 3.8) is 0 Å². The van der Waals surface area contributed by atoms with E-state index in [1.165, 1.54) is 31.4 Å². The molecule has 0 spiro atoms. The van der Waals surface area contributed by atoms with Crippen molar-refractivity contribution in [2.24, 2.45) is 17.8 Å². The molecule has 2 aromatic rings. The van der Waals surface area contributed by atoms with Gasteiger partial charge in [-0.3, -0.25) is 0 Å². The Balaban J connectivity index is 1.24. The van der Waals surface area contributed by atoms with Crippen LogP contribution in [0.2, 0.25) is 0 Å². The first-order chi connectivity index (χ1) is 14.5. The molecule has 0 unspecified atom stereocenters. The summed E-state index contributed by atoms with van der Waals surface area (Å²) in [5, 5.41) is 15.4. The maximum Gasteiger partial charge on any atom is 0.335 e. The van der Waals surface area contributed by atoms with Gasteiger partial charge in [0.25, 0.3) is 0 Å². The molecular formula is C24H26N2O4. The third-order valence-corrected chi connectivity index (χ3v) is 6.83. The molecule has 6 heteroatoms. The van der Waals surface area contributed by atoms with Crippen LogP contribution in [0.25, 0.3) is 0 Å². The van der Waals surface area contributed by atoms with Crippen molar-refractivity contribution in [3.8, 4) is 11.5 Å². The molecule has 0 heterocycles. The van der Waals surface area contributed by atoms with Crippen molar-refractivity contribution >= 4 is 17.7 Å².